The molecule has 1 atom stereocenters. The Balaban J connectivity index is 1.70. The molecule has 1 aliphatic heterocycles. The van der Waals surface area contributed by atoms with Crippen LogP contribution in [0.3, 0.4) is 0 Å². The first-order chi connectivity index (χ1) is 10.7. The second-order valence-corrected chi connectivity index (χ2v) is 5.85. The highest BCUT2D eigenvalue weighted by Gasteiger charge is 2.26. The number of allylic oxidation sites excluding steroid dienone is 1. The average molecular weight is 310 g/mol. The van der Waals surface area contributed by atoms with Gasteiger partial charge in [0.05, 0.1) is 12.7 Å². The fraction of sp³-hybridized carbons (Fsp3) is 0.750. The van der Waals surface area contributed by atoms with E-state index in [4.69, 9.17) is 9.47 Å². The molecule has 1 aliphatic carbocycles. The van der Waals surface area contributed by atoms with Gasteiger partial charge in [-0.15, -0.1) is 0 Å². The molecule has 0 aromatic rings. The molecule has 6 heteroatoms. The van der Waals surface area contributed by atoms with Crippen LogP contribution in [0.1, 0.15) is 32.1 Å². The van der Waals surface area contributed by atoms with Crippen LogP contribution >= 0.6 is 0 Å². The van der Waals surface area contributed by atoms with Crippen molar-refractivity contribution in [3.8, 4) is 0 Å². The number of rotatable bonds is 7. The molecule has 1 saturated heterocycles. The van der Waals surface area contributed by atoms with E-state index >= 15 is 0 Å². The van der Waals surface area contributed by atoms with Crippen molar-refractivity contribution in [2.75, 3.05) is 40.0 Å². The monoisotopic (exact) mass is 310 g/mol. The lowest BCUT2D eigenvalue weighted by Gasteiger charge is -2.32. The smallest absolute Gasteiger partial charge is 0.248 e. The Morgan fingerprint density at radius 2 is 2.36 bits per heavy atom. The molecule has 0 aromatic carbocycles. The van der Waals surface area contributed by atoms with Gasteiger partial charge in [-0.25, -0.2) is 0 Å². The van der Waals surface area contributed by atoms with Gasteiger partial charge in [0.1, 0.15) is 6.61 Å². The van der Waals surface area contributed by atoms with Gasteiger partial charge in [-0.1, -0.05) is 11.6 Å². The number of carbonyl (C=O) groups is 2. The van der Waals surface area contributed by atoms with Gasteiger partial charge in [0, 0.05) is 33.2 Å². The van der Waals surface area contributed by atoms with Crippen molar-refractivity contribution in [1.29, 1.82) is 0 Å². The predicted molar refractivity (Wildman–Crippen MR) is 82.4 cm³/mol. The molecule has 0 aromatic heterocycles. The quantitative estimate of drug-likeness (QED) is 0.709. The third kappa shape index (κ3) is 5.42. The highest BCUT2D eigenvalue weighted by molar-refractivity contribution is 5.79. The van der Waals surface area contributed by atoms with Gasteiger partial charge in [-0.2, -0.15) is 0 Å². The van der Waals surface area contributed by atoms with E-state index in [2.05, 4.69) is 11.4 Å². The molecule has 1 fully saturated rings. The lowest BCUT2D eigenvalue weighted by Crippen LogP contribution is -2.51. The zero-order valence-corrected chi connectivity index (χ0v) is 13.3. The molecule has 124 valence electrons. The number of nitrogens with one attached hydrogen (secondary N) is 1. The third-order valence-corrected chi connectivity index (χ3v) is 4.08. The summed E-state index contributed by atoms with van der Waals surface area (Å²) in [6, 6.07) is 0. The summed E-state index contributed by atoms with van der Waals surface area (Å²) in [4.78, 5) is 25.4. The number of morpholine rings is 1. The highest BCUT2D eigenvalue weighted by Crippen LogP contribution is 2.19. The van der Waals surface area contributed by atoms with Crippen LogP contribution in [-0.2, 0) is 19.1 Å². The summed E-state index contributed by atoms with van der Waals surface area (Å²) in [5, 5.41) is 2.92. The SMILES string of the molecule is COCCN1CC(CNC(=O)CC2=CCCCC2)OCC1=O. The van der Waals surface area contributed by atoms with Gasteiger partial charge >= 0.3 is 0 Å². The van der Waals surface area contributed by atoms with Crippen LogP contribution in [0.4, 0.5) is 0 Å². The first-order valence-electron chi connectivity index (χ1n) is 8.02. The topological polar surface area (TPSA) is 67.9 Å². The first kappa shape index (κ1) is 17.0. The van der Waals surface area contributed by atoms with E-state index < -0.39 is 0 Å². The normalized spacial score (nSPS) is 22.4. The summed E-state index contributed by atoms with van der Waals surface area (Å²) in [5.74, 6) is 0.0177. The Kier molecular flexibility index (Phi) is 6.86. The van der Waals surface area contributed by atoms with Gasteiger partial charge in [0.15, 0.2) is 0 Å². The fourth-order valence-electron chi connectivity index (χ4n) is 2.78. The Morgan fingerprint density at radius 3 is 3.09 bits per heavy atom. The maximum Gasteiger partial charge on any atom is 0.248 e. The summed E-state index contributed by atoms with van der Waals surface area (Å²) >= 11 is 0. The van der Waals surface area contributed by atoms with Crippen LogP contribution in [-0.4, -0.2) is 62.8 Å². The lowest BCUT2D eigenvalue weighted by atomic mass is 9.97. The lowest BCUT2D eigenvalue weighted by molar-refractivity contribution is -0.149. The number of carbonyl (C=O) groups excluding carboxylic acids is 2. The fourth-order valence-corrected chi connectivity index (χ4v) is 2.78. The van der Waals surface area contributed by atoms with E-state index in [0.29, 0.717) is 32.7 Å². The number of methoxy groups -OCH3 is 1. The van der Waals surface area contributed by atoms with E-state index in [1.807, 2.05) is 0 Å². The zero-order valence-electron chi connectivity index (χ0n) is 13.3. The molecule has 0 radical (unpaired) electrons. The maximum absolute atomic E-state index is 12.0. The van der Waals surface area contributed by atoms with Crippen molar-refractivity contribution in [2.45, 2.75) is 38.2 Å². The number of hydrogen-bond acceptors (Lipinski definition) is 4. The maximum atomic E-state index is 12.0. The number of hydrogen-bond donors (Lipinski definition) is 1. The van der Waals surface area contributed by atoms with E-state index in [-0.39, 0.29) is 24.5 Å². The van der Waals surface area contributed by atoms with Crippen LogP contribution in [0, 0.1) is 0 Å². The van der Waals surface area contributed by atoms with Crippen molar-refractivity contribution in [1.82, 2.24) is 10.2 Å². The Morgan fingerprint density at radius 1 is 1.50 bits per heavy atom. The van der Waals surface area contributed by atoms with Gasteiger partial charge < -0.3 is 19.7 Å². The Labute approximate surface area is 131 Å². The molecule has 0 bridgehead atoms. The molecule has 1 unspecified atom stereocenters. The second-order valence-electron chi connectivity index (χ2n) is 5.85. The van der Waals surface area contributed by atoms with Crippen molar-refractivity contribution < 1.29 is 19.1 Å². The Bertz CT molecular complexity index is 422. The molecule has 1 N–H and O–H groups in total. The summed E-state index contributed by atoms with van der Waals surface area (Å²) in [6.07, 6.45) is 7.06. The number of nitrogens with zero attached hydrogens (tertiary/aromatic N) is 1. The van der Waals surface area contributed by atoms with Crippen LogP contribution in [0.5, 0.6) is 0 Å². The average Bonchev–Trinajstić information content (AvgIpc) is 2.54. The van der Waals surface area contributed by atoms with Crippen LogP contribution in [0.15, 0.2) is 11.6 Å². The van der Waals surface area contributed by atoms with Crippen LogP contribution in [0.25, 0.3) is 0 Å². The summed E-state index contributed by atoms with van der Waals surface area (Å²) in [6.45, 7) is 2.11. The van der Waals surface area contributed by atoms with Crippen molar-refractivity contribution in [3.63, 3.8) is 0 Å². The van der Waals surface area contributed by atoms with E-state index in [0.717, 1.165) is 12.8 Å². The van der Waals surface area contributed by atoms with Crippen molar-refractivity contribution >= 4 is 11.8 Å². The number of amides is 2. The molecule has 1 heterocycles. The van der Waals surface area contributed by atoms with E-state index in [1.165, 1.54) is 18.4 Å². The number of ether oxygens (including phenoxy) is 2. The molecule has 0 spiro atoms. The van der Waals surface area contributed by atoms with E-state index in [1.54, 1.807) is 12.0 Å². The molecule has 2 rings (SSSR count). The molecule has 2 aliphatic rings. The second kappa shape index (κ2) is 8.90. The largest absolute Gasteiger partial charge is 0.383 e. The molecule has 2 amide bonds. The molecule has 6 nitrogen and oxygen atoms in total. The Hall–Kier alpha value is -1.40. The molecular formula is C16H26N2O4. The minimum Gasteiger partial charge on any atom is -0.383 e. The van der Waals surface area contributed by atoms with Crippen LogP contribution < -0.4 is 5.32 Å². The summed E-state index contributed by atoms with van der Waals surface area (Å²) < 4.78 is 10.5. The summed E-state index contributed by atoms with van der Waals surface area (Å²) in [5.41, 5.74) is 1.24. The minimum absolute atomic E-state index is 0.0213. The van der Waals surface area contributed by atoms with Gasteiger partial charge in [-0.3, -0.25) is 9.59 Å². The zero-order chi connectivity index (χ0) is 15.8. The standard InChI is InChI=1S/C16H26N2O4/c1-21-8-7-18-11-14(22-12-16(18)20)10-17-15(19)9-13-5-3-2-4-6-13/h5,14H,2-4,6-12H2,1H3,(H,17,19). The minimum atomic E-state index is -0.140. The molecule has 0 saturated carbocycles. The molecular weight excluding hydrogens is 284 g/mol. The van der Waals surface area contributed by atoms with Gasteiger partial charge in [0.25, 0.3) is 0 Å². The van der Waals surface area contributed by atoms with E-state index in [9.17, 15) is 9.59 Å². The van der Waals surface area contributed by atoms with Gasteiger partial charge in [-0.05, 0) is 25.7 Å². The van der Waals surface area contributed by atoms with Crippen molar-refractivity contribution in [2.24, 2.45) is 0 Å². The third-order valence-electron chi connectivity index (χ3n) is 4.08. The molecule has 22 heavy (non-hydrogen) atoms. The van der Waals surface area contributed by atoms with Gasteiger partial charge in [0.2, 0.25) is 11.8 Å². The first-order valence-corrected chi connectivity index (χ1v) is 8.02. The predicted octanol–water partition coefficient (Wildman–Crippen LogP) is 0.867. The van der Waals surface area contributed by atoms with Crippen LogP contribution in [0.2, 0.25) is 0 Å². The summed E-state index contributed by atoms with van der Waals surface area (Å²) in [7, 11) is 1.61. The van der Waals surface area contributed by atoms with Crippen molar-refractivity contribution in [3.05, 3.63) is 11.6 Å². The highest BCUT2D eigenvalue weighted by atomic mass is 16.5.